The van der Waals surface area contributed by atoms with Crippen molar-refractivity contribution >= 4 is 27.8 Å². The first kappa shape index (κ1) is 14.4. The summed E-state index contributed by atoms with van der Waals surface area (Å²) in [7, 11) is 1.67. The molecule has 0 unspecified atom stereocenters. The van der Waals surface area contributed by atoms with Gasteiger partial charge in [-0.3, -0.25) is 0 Å². The Labute approximate surface area is 120 Å². The summed E-state index contributed by atoms with van der Waals surface area (Å²) in [4.78, 5) is 5.76. The van der Waals surface area contributed by atoms with Gasteiger partial charge in [0.15, 0.2) is 5.01 Å². The molecule has 7 heteroatoms. The first-order valence-corrected chi connectivity index (χ1v) is 7.90. The molecule has 0 amide bonds. The number of anilines is 1. The monoisotopic (exact) mass is 298 g/mol. The van der Waals surface area contributed by atoms with E-state index in [1.165, 1.54) is 11.3 Å². The number of nitrogens with zero attached hydrogens (tertiary/aromatic N) is 3. The van der Waals surface area contributed by atoms with E-state index in [4.69, 9.17) is 15.5 Å². The highest BCUT2D eigenvalue weighted by Crippen LogP contribution is 2.37. The summed E-state index contributed by atoms with van der Waals surface area (Å²) in [6, 6.07) is 0. The Hall–Kier alpha value is -1.05. The van der Waals surface area contributed by atoms with E-state index in [-0.39, 0.29) is 0 Å². The van der Waals surface area contributed by atoms with Crippen molar-refractivity contribution in [2.24, 2.45) is 0 Å². The van der Waals surface area contributed by atoms with Crippen LogP contribution in [0.5, 0.6) is 0 Å². The van der Waals surface area contributed by atoms with Gasteiger partial charge in [0.2, 0.25) is 5.13 Å². The van der Waals surface area contributed by atoms with Crippen LogP contribution in [0.2, 0.25) is 0 Å². The van der Waals surface area contributed by atoms with Crippen LogP contribution in [0.1, 0.15) is 43.3 Å². The Morgan fingerprint density at radius 3 is 2.47 bits per heavy atom. The zero-order valence-corrected chi connectivity index (χ0v) is 13.0. The van der Waals surface area contributed by atoms with E-state index >= 15 is 0 Å². The second kappa shape index (κ2) is 6.40. The largest absolute Gasteiger partial charge is 0.378 e. The second-order valence-corrected chi connectivity index (χ2v) is 6.26. The van der Waals surface area contributed by atoms with Crippen LogP contribution in [0.4, 0.5) is 5.13 Å². The van der Waals surface area contributed by atoms with E-state index in [9.17, 15) is 0 Å². The fraction of sp³-hybridized carbons (Fsp3) is 0.583. The number of ether oxygens (including phenoxy) is 1. The number of nitrogen functional groups attached to an aromatic ring is 1. The molecular formula is C12H18N4OS2. The van der Waals surface area contributed by atoms with Crippen molar-refractivity contribution in [2.45, 2.75) is 39.2 Å². The van der Waals surface area contributed by atoms with Crippen molar-refractivity contribution in [3.63, 3.8) is 0 Å². The molecule has 0 aliphatic heterocycles. The lowest BCUT2D eigenvalue weighted by Gasteiger charge is -2.06. The standard InChI is InChI=1S/C12H18N4OS2/c1-4-7(5-2)10-14-8(6-17-3)9(18-10)11-15-16-12(13)19-11/h7H,4-6H2,1-3H3,(H2,13,16). The number of rotatable bonds is 6. The summed E-state index contributed by atoms with van der Waals surface area (Å²) in [6.07, 6.45) is 2.18. The van der Waals surface area contributed by atoms with Gasteiger partial charge in [-0.05, 0) is 12.8 Å². The van der Waals surface area contributed by atoms with Gasteiger partial charge in [0.1, 0.15) is 0 Å². The molecule has 19 heavy (non-hydrogen) atoms. The molecule has 0 saturated heterocycles. The second-order valence-electron chi connectivity index (χ2n) is 4.22. The maximum atomic E-state index is 5.66. The van der Waals surface area contributed by atoms with Crippen molar-refractivity contribution in [1.29, 1.82) is 0 Å². The topological polar surface area (TPSA) is 73.9 Å². The quantitative estimate of drug-likeness (QED) is 0.885. The zero-order chi connectivity index (χ0) is 13.8. The average Bonchev–Trinajstić information content (AvgIpc) is 2.98. The van der Waals surface area contributed by atoms with E-state index in [2.05, 4.69) is 24.0 Å². The lowest BCUT2D eigenvalue weighted by molar-refractivity contribution is 0.182. The van der Waals surface area contributed by atoms with E-state index in [0.717, 1.165) is 33.4 Å². The molecule has 2 rings (SSSR count). The molecule has 2 N–H and O–H groups in total. The van der Waals surface area contributed by atoms with Crippen molar-refractivity contribution in [2.75, 3.05) is 12.8 Å². The van der Waals surface area contributed by atoms with Crippen molar-refractivity contribution in [3.05, 3.63) is 10.7 Å². The minimum atomic E-state index is 0.482. The number of hydrogen-bond acceptors (Lipinski definition) is 7. The van der Waals surface area contributed by atoms with Gasteiger partial charge >= 0.3 is 0 Å². The van der Waals surface area contributed by atoms with E-state index in [0.29, 0.717) is 17.7 Å². The minimum Gasteiger partial charge on any atom is -0.378 e. The highest BCUT2D eigenvalue weighted by molar-refractivity contribution is 7.23. The zero-order valence-electron chi connectivity index (χ0n) is 11.3. The van der Waals surface area contributed by atoms with Crippen molar-refractivity contribution < 1.29 is 4.74 Å². The number of thiazole rings is 1. The Balaban J connectivity index is 2.40. The van der Waals surface area contributed by atoms with Gasteiger partial charge < -0.3 is 10.5 Å². The summed E-state index contributed by atoms with van der Waals surface area (Å²) >= 11 is 3.08. The summed E-state index contributed by atoms with van der Waals surface area (Å²) < 4.78 is 5.23. The molecular weight excluding hydrogens is 280 g/mol. The van der Waals surface area contributed by atoms with Crippen molar-refractivity contribution in [1.82, 2.24) is 15.2 Å². The van der Waals surface area contributed by atoms with Crippen LogP contribution in [-0.4, -0.2) is 22.3 Å². The van der Waals surface area contributed by atoms with Crippen LogP contribution in [0, 0.1) is 0 Å². The molecule has 0 radical (unpaired) electrons. The average molecular weight is 298 g/mol. The summed E-state index contributed by atoms with van der Waals surface area (Å²) in [5.74, 6) is 0.500. The lowest BCUT2D eigenvalue weighted by atomic mass is 10.1. The SMILES string of the molecule is CCC(CC)c1nc(COC)c(-c2nnc(N)s2)s1. The maximum absolute atomic E-state index is 5.66. The van der Waals surface area contributed by atoms with E-state index in [1.54, 1.807) is 18.4 Å². The molecule has 2 aromatic heterocycles. The number of aromatic nitrogens is 3. The molecule has 0 fully saturated rings. The first-order chi connectivity index (χ1) is 9.19. The molecule has 0 atom stereocenters. The predicted molar refractivity (Wildman–Crippen MR) is 79.5 cm³/mol. The predicted octanol–water partition coefficient (Wildman–Crippen LogP) is 3.29. The molecule has 0 aliphatic carbocycles. The van der Waals surface area contributed by atoms with E-state index in [1.807, 2.05) is 0 Å². The smallest absolute Gasteiger partial charge is 0.203 e. The van der Waals surface area contributed by atoms with Gasteiger partial charge in [0, 0.05) is 13.0 Å². The third-order valence-electron chi connectivity index (χ3n) is 2.96. The molecule has 2 heterocycles. The van der Waals surface area contributed by atoms with Crippen LogP contribution in [0.3, 0.4) is 0 Å². The Morgan fingerprint density at radius 2 is 1.95 bits per heavy atom. The molecule has 104 valence electrons. The molecule has 5 nitrogen and oxygen atoms in total. The Morgan fingerprint density at radius 1 is 1.21 bits per heavy atom. The Bertz CT molecular complexity index is 534. The maximum Gasteiger partial charge on any atom is 0.203 e. The molecule has 0 bridgehead atoms. The van der Waals surface area contributed by atoms with Gasteiger partial charge in [-0.25, -0.2) is 4.98 Å². The lowest BCUT2D eigenvalue weighted by Crippen LogP contribution is -1.96. The fourth-order valence-electron chi connectivity index (χ4n) is 1.91. The Kier molecular flexibility index (Phi) is 4.84. The van der Waals surface area contributed by atoms with E-state index < -0.39 is 0 Å². The summed E-state index contributed by atoms with van der Waals surface area (Å²) in [5, 5.41) is 10.5. The van der Waals surface area contributed by atoms with Crippen LogP contribution in [0.15, 0.2) is 0 Å². The fourth-order valence-corrected chi connectivity index (χ4v) is 3.95. The minimum absolute atomic E-state index is 0.482. The van der Waals surface area contributed by atoms with Gasteiger partial charge in [-0.1, -0.05) is 25.2 Å². The molecule has 0 aromatic carbocycles. The number of hydrogen-bond donors (Lipinski definition) is 1. The molecule has 0 spiro atoms. The molecule has 2 aromatic rings. The van der Waals surface area contributed by atoms with Crippen LogP contribution >= 0.6 is 22.7 Å². The third-order valence-corrected chi connectivity index (χ3v) is 5.13. The van der Waals surface area contributed by atoms with Gasteiger partial charge in [-0.15, -0.1) is 21.5 Å². The van der Waals surface area contributed by atoms with Gasteiger partial charge in [-0.2, -0.15) is 0 Å². The highest BCUT2D eigenvalue weighted by atomic mass is 32.1. The first-order valence-electron chi connectivity index (χ1n) is 6.27. The highest BCUT2D eigenvalue weighted by Gasteiger charge is 2.20. The van der Waals surface area contributed by atoms with Gasteiger partial charge in [0.05, 0.1) is 22.2 Å². The third kappa shape index (κ3) is 3.10. The van der Waals surface area contributed by atoms with Gasteiger partial charge in [0.25, 0.3) is 0 Å². The van der Waals surface area contributed by atoms with Crippen LogP contribution < -0.4 is 5.73 Å². The summed E-state index contributed by atoms with van der Waals surface area (Å²) in [5.41, 5.74) is 6.59. The number of nitrogens with two attached hydrogens (primary N) is 1. The molecule has 0 aliphatic rings. The summed E-state index contributed by atoms with van der Waals surface area (Å²) in [6.45, 7) is 4.87. The normalized spacial score (nSPS) is 11.4. The molecule has 0 saturated carbocycles. The number of methoxy groups -OCH3 is 1. The van der Waals surface area contributed by atoms with Crippen molar-refractivity contribution in [3.8, 4) is 9.88 Å². The van der Waals surface area contributed by atoms with Crippen LogP contribution in [0.25, 0.3) is 9.88 Å². The van der Waals surface area contributed by atoms with Crippen LogP contribution in [-0.2, 0) is 11.3 Å².